The fourth-order valence-corrected chi connectivity index (χ4v) is 3.15. The lowest BCUT2D eigenvalue weighted by Crippen LogP contribution is -2.41. The Morgan fingerprint density at radius 3 is 2.35 bits per heavy atom. The molecular formula is C22H23BrN4O4. The van der Waals surface area contributed by atoms with Crippen LogP contribution in [-0.4, -0.2) is 34.8 Å². The SMILES string of the molecule is COc1cc(C(=O)NNC(=O)c2cnn(-c3ccc(Br)cc3)c2C)ccc1OC(C)C. The molecule has 0 atom stereocenters. The molecule has 0 aliphatic heterocycles. The minimum absolute atomic E-state index is 0.0329. The Hall–Kier alpha value is -3.33. The molecular weight excluding hydrogens is 464 g/mol. The van der Waals surface area contributed by atoms with Gasteiger partial charge in [0, 0.05) is 10.0 Å². The van der Waals surface area contributed by atoms with Gasteiger partial charge in [-0.2, -0.15) is 5.10 Å². The number of hydrogen-bond acceptors (Lipinski definition) is 5. The molecule has 1 aromatic heterocycles. The Labute approximate surface area is 188 Å². The highest BCUT2D eigenvalue weighted by Crippen LogP contribution is 2.29. The van der Waals surface area contributed by atoms with E-state index in [1.54, 1.807) is 29.8 Å². The van der Waals surface area contributed by atoms with Crippen molar-refractivity contribution in [1.82, 2.24) is 20.6 Å². The number of hydrogen-bond donors (Lipinski definition) is 2. The Morgan fingerprint density at radius 1 is 1.03 bits per heavy atom. The molecule has 0 saturated heterocycles. The number of nitrogens with one attached hydrogen (secondary N) is 2. The lowest BCUT2D eigenvalue weighted by molar-refractivity contribution is 0.0846. The van der Waals surface area contributed by atoms with Crippen LogP contribution in [0, 0.1) is 6.92 Å². The highest BCUT2D eigenvalue weighted by atomic mass is 79.9. The summed E-state index contributed by atoms with van der Waals surface area (Å²) >= 11 is 3.39. The highest BCUT2D eigenvalue weighted by molar-refractivity contribution is 9.10. The molecule has 3 aromatic rings. The largest absolute Gasteiger partial charge is 0.493 e. The molecule has 1 heterocycles. The topological polar surface area (TPSA) is 94.5 Å². The number of carbonyl (C=O) groups is 2. The van der Waals surface area contributed by atoms with Gasteiger partial charge in [-0.25, -0.2) is 4.68 Å². The second-order valence-electron chi connectivity index (χ2n) is 6.97. The third-order valence-electron chi connectivity index (χ3n) is 4.40. The quantitative estimate of drug-likeness (QED) is 0.516. The number of ether oxygens (including phenoxy) is 2. The maximum Gasteiger partial charge on any atom is 0.273 e. The van der Waals surface area contributed by atoms with Gasteiger partial charge >= 0.3 is 0 Å². The first-order valence-corrected chi connectivity index (χ1v) is 10.4. The molecule has 0 aliphatic rings. The number of aromatic nitrogens is 2. The predicted octanol–water partition coefficient (Wildman–Crippen LogP) is 3.81. The minimum Gasteiger partial charge on any atom is -0.493 e. The van der Waals surface area contributed by atoms with Crippen molar-refractivity contribution >= 4 is 27.7 Å². The zero-order chi connectivity index (χ0) is 22.5. The van der Waals surface area contributed by atoms with Gasteiger partial charge in [0.25, 0.3) is 11.8 Å². The summed E-state index contributed by atoms with van der Waals surface area (Å²) in [5.74, 6) is 0.00926. The summed E-state index contributed by atoms with van der Waals surface area (Å²) in [5, 5.41) is 4.28. The first-order chi connectivity index (χ1) is 14.8. The summed E-state index contributed by atoms with van der Waals surface area (Å²) < 4.78 is 13.5. The van der Waals surface area contributed by atoms with E-state index in [9.17, 15) is 9.59 Å². The van der Waals surface area contributed by atoms with E-state index in [0.717, 1.165) is 10.2 Å². The molecule has 0 unspecified atom stereocenters. The number of nitrogens with zero attached hydrogens (tertiary/aromatic N) is 2. The van der Waals surface area contributed by atoms with E-state index in [4.69, 9.17) is 9.47 Å². The second kappa shape index (κ2) is 9.65. The summed E-state index contributed by atoms with van der Waals surface area (Å²) in [5.41, 5.74) is 6.97. The molecule has 2 aromatic carbocycles. The van der Waals surface area contributed by atoms with Crippen molar-refractivity contribution < 1.29 is 19.1 Å². The Kier molecular flexibility index (Phi) is 6.96. The van der Waals surface area contributed by atoms with Crippen molar-refractivity contribution in [3.05, 3.63) is 70.0 Å². The molecule has 3 rings (SSSR count). The lowest BCUT2D eigenvalue weighted by atomic mass is 10.2. The second-order valence-corrected chi connectivity index (χ2v) is 7.89. The fraction of sp³-hybridized carbons (Fsp3) is 0.227. The van der Waals surface area contributed by atoms with Crippen LogP contribution < -0.4 is 20.3 Å². The van der Waals surface area contributed by atoms with Crippen LogP contribution in [-0.2, 0) is 0 Å². The van der Waals surface area contributed by atoms with Crippen LogP contribution in [0.5, 0.6) is 11.5 Å². The van der Waals surface area contributed by atoms with Crippen molar-refractivity contribution in [1.29, 1.82) is 0 Å². The fourth-order valence-electron chi connectivity index (χ4n) is 2.89. The van der Waals surface area contributed by atoms with Crippen molar-refractivity contribution in [2.24, 2.45) is 0 Å². The van der Waals surface area contributed by atoms with Crippen molar-refractivity contribution in [3.63, 3.8) is 0 Å². The van der Waals surface area contributed by atoms with Gasteiger partial charge in [-0.1, -0.05) is 15.9 Å². The maximum atomic E-state index is 12.6. The third kappa shape index (κ3) is 5.24. The van der Waals surface area contributed by atoms with Crippen molar-refractivity contribution in [2.45, 2.75) is 26.9 Å². The van der Waals surface area contributed by atoms with Gasteiger partial charge in [0.2, 0.25) is 0 Å². The zero-order valence-electron chi connectivity index (χ0n) is 17.6. The van der Waals surface area contributed by atoms with E-state index in [-0.39, 0.29) is 6.10 Å². The molecule has 9 heteroatoms. The van der Waals surface area contributed by atoms with Crippen LogP contribution in [0.2, 0.25) is 0 Å². The van der Waals surface area contributed by atoms with Gasteiger partial charge < -0.3 is 9.47 Å². The molecule has 0 spiro atoms. The Balaban J connectivity index is 1.68. The van der Waals surface area contributed by atoms with Crippen LogP contribution in [0.3, 0.4) is 0 Å². The minimum atomic E-state index is -0.485. The molecule has 2 amide bonds. The number of halogens is 1. The summed E-state index contributed by atoms with van der Waals surface area (Å²) in [7, 11) is 1.50. The van der Waals surface area contributed by atoms with Gasteiger partial charge in [0.05, 0.1) is 36.4 Å². The van der Waals surface area contributed by atoms with Gasteiger partial charge in [0.15, 0.2) is 11.5 Å². The van der Waals surface area contributed by atoms with Crippen LogP contribution >= 0.6 is 15.9 Å². The van der Waals surface area contributed by atoms with Gasteiger partial charge in [0.1, 0.15) is 0 Å². The molecule has 162 valence electrons. The first kappa shape index (κ1) is 22.4. The van der Waals surface area contributed by atoms with Gasteiger partial charge in [-0.3, -0.25) is 20.4 Å². The average Bonchev–Trinajstić information content (AvgIpc) is 3.13. The predicted molar refractivity (Wildman–Crippen MR) is 120 cm³/mol. The van der Waals surface area contributed by atoms with Crippen molar-refractivity contribution in [2.75, 3.05) is 7.11 Å². The van der Waals surface area contributed by atoms with Crippen LogP contribution in [0.25, 0.3) is 5.69 Å². The molecule has 31 heavy (non-hydrogen) atoms. The number of hydrazine groups is 1. The van der Waals surface area contributed by atoms with E-state index in [0.29, 0.717) is 28.3 Å². The lowest BCUT2D eigenvalue weighted by Gasteiger charge is -2.14. The molecule has 0 fully saturated rings. The van der Waals surface area contributed by atoms with Gasteiger partial charge in [-0.05, 0) is 63.2 Å². The number of rotatable bonds is 6. The number of benzene rings is 2. The summed E-state index contributed by atoms with van der Waals surface area (Å²) in [6.07, 6.45) is 1.43. The Morgan fingerprint density at radius 2 is 1.71 bits per heavy atom. The van der Waals surface area contributed by atoms with E-state index in [1.807, 2.05) is 38.1 Å². The van der Waals surface area contributed by atoms with E-state index >= 15 is 0 Å². The van der Waals surface area contributed by atoms with Crippen molar-refractivity contribution in [3.8, 4) is 17.2 Å². The zero-order valence-corrected chi connectivity index (χ0v) is 19.2. The molecule has 8 nitrogen and oxygen atoms in total. The maximum absolute atomic E-state index is 12.6. The third-order valence-corrected chi connectivity index (χ3v) is 4.93. The number of carbonyl (C=O) groups excluding carboxylic acids is 2. The summed E-state index contributed by atoms with van der Waals surface area (Å²) in [6, 6.07) is 12.3. The smallest absolute Gasteiger partial charge is 0.273 e. The normalized spacial score (nSPS) is 10.6. The molecule has 0 radical (unpaired) electrons. The summed E-state index contributed by atoms with van der Waals surface area (Å²) in [4.78, 5) is 25.0. The van der Waals surface area contributed by atoms with Crippen LogP contribution in [0.1, 0.15) is 40.3 Å². The number of methoxy groups -OCH3 is 1. The highest BCUT2D eigenvalue weighted by Gasteiger charge is 2.17. The van der Waals surface area contributed by atoms with E-state index in [1.165, 1.54) is 13.3 Å². The molecule has 0 aliphatic carbocycles. The van der Waals surface area contributed by atoms with Gasteiger partial charge in [-0.15, -0.1) is 0 Å². The molecule has 2 N–H and O–H groups in total. The Bertz CT molecular complexity index is 1090. The van der Waals surface area contributed by atoms with Crippen LogP contribution in [0.4, 0.5) is 0 Å². The average molecular weight is 487 g/mol. The number of amides is 2. The molecule has 0 bridgehead atoms. The monoisotopic (exact) mass is 486 g/mol. The first-order valence-electron chi connectivity index (χ1n) is 9.56. The van der Waals surface area contributed by atoms with Crippen LogP contribution in [0.15, 0.2) is 53.1 Å². The summed E-state index contributed by atoms with van der Waals surface area (Å²) in [6.45, 7) is 5.58. The standard InChI is InChI=1S/C22H23BrN4O4/c1-13(2)31-19-10-5-15(11-20(19)30-4)21(28)25-26-22(29)18-12-24-27(14(18)3)17-8-6-16(23)7-9-17/h5-13H,1-4H3,(H,25,28)(H,26,29). The molecule has 0 saturated carbocycles. The van der Waals surface area contributed by atoms with E-state index in [2.05, 4.69) is 31.9 Å². The van der Waals surface area contributed by atoms with E-state index < -0.39 is 11.8 Å².